The first kappa shape index (κ1) is 24.5. The average Bonchev–Trinajstić information content (AvgIpc) is 3.39. The first-order valence-electron chi connectivity index (χ1n) is 12.0. The van der Waals surface area contributed by atoms with E-state index in [0.29, 0.717) is 54.1 Å². The third kappa shape index (κ3) is 4.63. The number of halogens is 1. The highest BCUT2D eigenvalue weighted by molar-refractivity contribution is 6.32. The smallest absolute Gasteiger partial charge is 0.265 e. The first-order chi connectivity index (χ1) is 17.5. The van der Waals surface area contributed by atoms with Crippen molar-refractivity contribution in [2.45, 2.75) is 25.4 Å². The number of nitrogens with zero attached hydrogens (tertiary/aromatic N) is 5. The number of carbonyl (C=O) groups is 1. The van der Waals surface area contributed by atoms with Gasteiger partial charge in [0.15, 0.2) is 0 Å². The van der Waals surface area contributed by atoms with Crippen molar-refractivity contribution in [3.63, 3.8) is 0 Å². The van der Waals surface area contributed by atoms with Gasteiger partial charge in [-0.25, -0.2) is 4.98 Å². The number of carbonyl (C=O) groups excluding carboxylic acids is 1. The number of anilines is 1. The molecule has 1 atom stereocenters. The number of aliphatic hydroxyl groups is 1. The Morgan fingerprint density at radius 1 is 1.25 bits per heavy atom. The van der Waals surface area contributed by atoms with Crippen molar-refractivity contribution < 1.29 is 19.4 Å². The summed E-state index contributed by atoms with van der Waals surface area (Å²) in [7, 11) is 1.54. The molecule has 2 aliphatic rings. The van der Waals surface area contributed by atoms with Crippen molar-refractivity contribution in [1.29, 1.82) is 0 Å². The highest BCUT2D eigenvalue weighted by atomic mass is 35.5. The monoisotopic (exact) mass is 513 g/mol. The van der Waals surface area contributed by atoms with Crippen LogP contribution in [0.15, 0.2) is 35.3 Å². The second-order valence-corrected chi connectivity index (χ2v) is 9.35. The lowest BCUT2D eigenvalue weighted by Crippen LogP contribution is -2.43. The third-order valence-corrected chi connectivity index (χ3v) is 7.04. The lowest BCUT2D eigenvalue weighted by atomic mass is 10.1. The van der Waals surface area contributed by atoms with E-state index in [1.54, 1.807) is 29.3 Å². The Kier molecular flexibility index (Phi) is 7.08. The average molecular weight is 514 g/mol. The van der Waals surface area contributed by atoms with Crippen molar-refractivity contribution in [2.75, 3.05) is 51.5 Å². The number of morpholine rings is 1. The fraction of sp³-hybridized carbons (Fsp3) is 0.440. The van der Waals surface area contributed by atoms with E-state index >= 15 is 0 Å². The van der Waals surface area contributed by atoms with Crippen molar-refractivity contribution >= 4 is 34.5 Å². The summed E-state index contributed by atoms with van der Waals surface area (Å²) in [5, 5.41) is 10.8. The highest BCUT2D eigenvalue weighted by Gasteiger charge is 2.28. The molecule has 1 amide bonds. The summed E-state index contributed by atoms with van der Waals surface area (Å²) in [5.41, 5.74) is 0.805. The molecule has 4 heterocycles. The van der Waals surface area contributed by atoms with E-state index in [9.17, 15) is 14.7 Å². The molecule has 10 nitrogen and oxygen atoms in total. The summed E-state index contributed by atoms with van der Waals surface area (Å²) in [5.74, 6) is 0.644. The molecule has 190 valence electrons. The largest absolute Gasteiger partial charge is 0.495 e. The molecule has 1 N–H and O–H groups in total. The number of amides is 1. The zero-order valence-corrected chi connectivity index (χ0v) is 20.8. The summed E-state index contributed by atoms with van der Waals surface area (Å²) in [6, 6.07) is 6.81. The van der Waals surface area contributed by atoms with Crippen molar-refractivity contribution in [3.05, 3.63) is 57.0 Å². The summed E-state index contributed by atoms with van der Waals surface area (Å²) >= 11 is 6.34. The van der Waals surface area contributed by atoms with Gasteiger partial charge >= 0.3 is 0 Å². The highest BCUT2D eigenvalue weighted by Crippen LogP contribution is 2.27. The maximum atomic E-state index is 13.7. The van der Waals surface area contributed by atoms with Gasteiger partial charge in [-0.1, -0.05) is 17.7 Å². The van der Waals surface area contributed by atoms with Crippen LogP contribution in [0.4, 0.5) is 5.95 Å². The molecule has 0 saturated carbocycles. The lowest BCUT2D eigenvalue weighted by Gasteiger charge is -2.27. The zero-order chi connectivity index (χ0) is 25.2. The van der Waals surface area contributed by atoms with Gasteiger partial charge in [0.25, 0.3) is 11.5 Å². The van der Waals surface area contributed by atoms with E-state index in [-0.39, 0.29) is 30.7 Å². The standard InChI is InChI=1S/C25H28ClN5O5/c1-35-21-5-4-16(11-20(21)26)14-31-22-17(13-27-25(28-22)30-6-2-3-18(30)15-32)12-19(24(31)34)23(33)29-7-9-36-10-8-29/h4-5,11-13,18,32H,2-3,6-10,14-15H2,1H3/t18-/m0/s1. The minimum absolute atomic E-state index is 0.00549. The van der Waals surface area contributed by atoms with Crippen LogP contribution in [0.2, 0.25) is 5.02 Å². The lowest BCUT2D eigenvalue weighted by molar-refractivity contribution is 0.0301. The molecule has 2 aromatic heterocycles. The number of hydrogen-bond acceptors (Lipinski definition) is 8. The van der Waals surface area contributed by atoms with Gasteiger partial charge in [0.1, 0.15) is 17.0 Å². The van der Waals surface area contributed by atoms with Crippen LogP contribution >= 0.6 is 11.6 Å². The van der Waals surface area contributed by atoms with Gasteiger partial charge in [0.05, 0.1) is 44.5 Å². The number of pyridine rings is 1. The van der Waals surface area contributed by atoms with Gasteiger partial charge in [0, 0.05) is 31.2 Å². The van der Waals surface area contributed by atoms with Crippen LogP contribution in [-0.2, 0) is 11.3 Å². The van der Waals surface area contributed by atoms with Gasteiger partial charge in [-0.3, -0.25) is 14.2 Å². The third-order valence-electron chi connectivity index (χ3n) is 6.74. The topological polar surface area (TPSA) is 110 Å². The van der Waals surface area contributed by atoms with E-state index < -0.39 is 5.56 Å². The Bertz CT molecular complexity index is 1340. The molecule has 0 aliphatic carbocycles. The molecule has 11 heteroatoms. The Labute approximate surface area is 213 Å². The van der Waals surface area contributed by atoms with Crippen LogP contribution in [0.5, 0.6) is 5.75 Å². The molecular formula is C25H28ClN5O5. The van der Waals surface area contributed by atoms with Crippen LogP contribution in [0.25, 0.3) is 11.0 Å². The van der Waals surface area contributed by atoms with E-state index in [1.165, 1.54) is 11.7 Å². The minimum atomic E-state index is -0.435. The Hall–Kier alpha value is -3.21. The molecule has 0 unspecified atom stereocenters. The second-order valence-electron chi connectivity index (χ2n) is 8.94. The Balaban J connectivity index is 1.63. The van der Waals surface area contributed by atoms with Gasteiger partial charge < -0.3 is 24.4 Å². The van der Waals surface area contributed by atoms with E-state index in [0.717, 1.165) is 24.9 Å². The summed E-state index contributed by atoms with van der Waals surface area (Å²) in [6.07, 6.45) is 3.41. The molecule has 0 bridgehead atoms. The van der Waals surface area contributed by atoms with E-state index in [2.05, 4.69) is 4.98 Å². The van der Waals surface area contributed by atoms with Crippen LogP contribution in [0, 0.1) is 0 Å². The van der Waals surface area contributed by atoms with Crippen LogP contribution in [-0.4, -0.2) is 83.1 Å². The quantitative estimate of drug-likeness (QED) is 0.532. The Morgan fingerprint density at radius 3 is 2.78 bits per heavy atom. The predicted molar refractivity (Wildman–Crippen MR) is 135 cm³/mol. The first-order valence-corrected chi connectivity index (χ1v) is 12.4. The molecular weight excluding hydrogens is 486 g/mol. The molecule has 2 saturated heterocycles. The number of hydrogen-bond donors (Lipinski definition) is 1. The van der Waals surface area contributed by atoms with E-state index in [1.807, 2.05) is 11.0 Å². The number of rotatable bonds is 6. The zero-order valence-electron chi connectivity index (χ0n) is 20.0. The molecule has 1 aromatic carbocycles. The van der Waals surface area contributed by atoms with Crippen LogP contribution in [0.3, 0.4) is 0 Å². The number of aliphatic hydroxyl groups excluding tert-OH is 1. The number of benzene rings is 1. The SMILES string of the molecule is COc1ccc(Cn2c(=O)c(C(=O)N3CCOCC3)cc3cnc(N4CCC[C@H]4CO)nc32)cc1Cl. The maximum absolute atomic E-state index is 13.7. The van der Waals surface area contributed by atoms with Crippen molar-refractivity contribution in [1.82, 2.24) is 19.4 Å². The van der Waals surface area contributed by atoms with Crippen molar-refractivity contribution in [2.24, 2.45) is 0 Å². The van der Waals surface area contributed by atoms with Gasteiger partial charge in [-0.15, -0.1) is 0 Å². The number of aromatic nitrogens is 3. The molecule has 2 fully saturated rings. The van der Waals surface area contributed by atoms with Gasteiger partial charge in [-0.05, 0) is 36.6 Å². The maximum Gasteiger partial charge on any atom is 0.265 e. The van der Waals surface area contributed by atoms with Gasteiger partial charge in [-0.2, -0.15) is 4.98 Å². The molecule has 2 aliphatic heterocycles. The number of fused-ring (bicyclic) bond motifs is 1. The summed E-state index contributed by atoms with van der Waals surface area (Å²) in [4.78, 5) is 39.9. The second kappa shape index (κ2) is 10.4. The van der Waals surface area contributed by atoms with Crippen LogP contribution in [0.1, 0.15) is 28.8 Å². The molecule has 5 rings (SSSR count). The number of methoxy groups -OCH3 is 1. The van der Waals surface area contributed by atoms with E-state index in [4.69, 9.17) is 26.1 Å². The Morgan fingerprint density at radius 2 is 2.06 bits per heavy atom. The van der Waals surface area contributed by atoms with Crippen molar-refractivity contribution in [3.8, 4) is 5.75 Å². The predicted octanol–water partition coefficient (Wildman–Crippen LogP) is 1.94. The van der Waals surface area contributed by atoms with Crippen LogP contribution < -0.4 is 15.2 Å². The fourth-order valence-electron chi connectivity index (χ4n) is 4.80. The number of ether oxygens (including phenoxy) is 2. The van der Waals surface area contributed by atoms with Gasteiger partial charge in [0.2, 0.25) is 5.95 Å². The molecule has 0 spiro atoms. The molecule has 0 radical (unpaired) electrons. The molecule has 36 heavy (non-hydrogen) atoms. The summed E-state index contributed by atoms with van der Waals surface area (Å²) < 4.78 is 12.1. The summed E-state index contributed by atoms with van der Waals surface area (Å²) in [6.45, 7) is 2.62. The fourth-order valence-corrected chi connectivity index (χ4v) is 5.08. The normalized spacial score (nSPS) is 18.1. The minimum Gasteiger partial charge on any atom is -0.495 e. The molecule has 3 aromatic rings.